The van der Waals surface area contributed by atoms with Gasteiger partial charge < -0.3 is 9.72 Å². The Morgan fingerprint density at radius 1 is 0.952 bits per heavy atom. The van der Waals surface area contributed by atoms with E-state index in [0.717, 1.165) is 33.2 Å². The molecule has 1 aromatic heterocycles. The first-order valence-electron chi connectivity index (χ1n) is 13.9. The maximum Gasteiger partial charge on any atom is 0.305 e. The van der Waals surface area contributed by atoms with Crippen LogP contribution in [0.1, 0.15) is 28.3 Å². The quantitative estimate of drug-likeness (QED) is 0.259. The van der Waals surface area contributed by atoms with E-state index in [1.165, 1.54) is 40.5 Å². The largest absolute Gasteiger partial charge is 0.489 e. The van der Waals surface area contributed by atoms with Gasteiger partial charge >= 0.3 is 4.87 Å². The van der Waals surface area contributed by atoms with E-state index in [1.54, 1.807) is 11.8 Å². The number of amides is 2. The van der Waals surface area contributed by atoms with Crippen LogP contribution in [0.5, 0.6) is 5.75 Å². The molecule has 2 bridgehead atoms. The van der Waals surface area contributed by atoms with Gasteiger partial charge in [0.15, 0.2) is 0 Å². The summed E-state index contributed by atoms with van der Waals surface area (Å²) in [6.07, 6.45) is 0.785. The first-order chi connectivity index (χ1) is 20.4. The normalized spacial score (nSPS) is 29.0. The molecule has 7 atom stereocenters. The minimum Gasteiger partial charge on any atom is -0.489 e. The molecule has 3 fully saturated rings. The van der Waals surface area contributed by atoms with Crippen molar-refractivity contribution in [3.63, 3.8) is 0 Å². The van der Waals surface area contributed by atoms with Gasteiger partial charge in [-0.3, -0.25) is 19.3 Å². The number of hydrogen-bond acceptors (Lipinski definition) is 6. The highest BCUT2D eigenvalue weighted by Crippen LogP contribution is 2.69. The van der Waals surface area contributed by atoms with Gasteiger partial charge in [-0.2, -0.15) is 0 Å². The second-order valence-corrected chi connectivity index (χ2v) is 14.0. The molecule has 42 heavy (non-hydrogen) atoms. The Labute approximate surface area is 253 Å². The zero-order chi connectivity index (χ0) is 28.7. The van der Waals surface area contributed by atoms with Crippen LogP contribution in [0.3, 0.4) is 0 Å². The van der Waals surface area contributed by atoms with Crippen LogP contribution < -0.4 is 14.5 Å². The number of aromatic nitrogens is 1. The Morgan fingerprint density at radius 2 is 1.71 bits per heavy atom. The summed E-state index contributed by atoms with van der Waals surface area (Å²) >= 11 is 9.06. The molecule has 1 saturated heterocycles. The SMILES string of the molecule is O=C1C2C(C(=O)N1c1ccc(F)cc1)[C@@H]1C[C@H]2C2Sc3[nH]c(=O)sc3C(c3ccccc3OCc3cccc(Cl)c3)C21. The molecule has 1 N–H and O–H groups in total. The van der Waals surface area contributed by atoms with Crippen molar-refractivity contribution in [2.75, 3.05) is 4.90 Å². The number of H-pyrrole nitrogens is 1. The highest BCUT2D eigenvalue weighted by molar-refractivity contribution is 8.00. The lowest BCUT2D eigenvalue weighted by molar-refractivity contribution is -0.123. The molecule has 0 spiro atoms. The van der Waals surface area contributed by atoms with E-state index in [2.05, 4.69) is 11.1 Å². The Balaban J connectivity index is 1.18. The van der Waals surface area contributed by atoms with E-state index in [0.29, 0.717) is 17.3 Å². The van der Waals surface area contributed by atoms with Gasteiger partial charge in [-0.25, -0.2) is 4.39 Å². The topological polar surface area (TPSA) is 79.5 Å². The number of halogens is 2. The van der Waals surface area contributed by atoms with Crippen molar-refractivity contribution < 1.29 is 18.7 Å². The number of nitrogens with zero attached hydrogens (tertiary/aromatic N) is 1. The number of carbonyl (C=O) groups excluding carboxylic acids is 2. The van der Waals surface area contributed by atoms with Gasteiger partial charge in [-0.05, 0) is 72.2 Å². The third kappa shape index (κ3) is 3.93. The fourth-order valence-electron chi connectivity index (χ4n) is 7.87. The van der Waals surface area contributed by atoms with Gasteiger partial charge in [-0.1, -0.05) is 53.3 Å². The number of anilines is 1. The Kier molecular flexibility index (Phi) is 6.14. The van der Waals surface area contributed by atoms with Crippen molar-refractivity contribution >= 4 is 52.2 Å². The van der Waals surface area contributed by atoms with E-state index >= 15 is 0 Å². The van der Waals surface area contributed by atoms with Crippen LogP contribution in [0.4, 0.5) is 10.1 Å². The molecular formula is C32H24ClFN2O4S2. The molecule has 6 nitrogen and oxygen atoms in total. The van der Waals surface area contributed by atoms with Crippen molar-refractivity contribution in [1.29, 1.82) is 0 Å². The predicted octanol–water partition coefficient (Wildman–Crippen LogP) is 6.49. The zero-order valence-corrected chi connectivity index (χ0v) is 24.4. The minimum atomic E-state index is -0.436. The zero-order valence-electron chi connectivity index (χ0n) is 22.0. The second-order valence-electron chi connectivity index (χ2n) is 11.4. The van der Waals surface area contributed by atoms with E-state index in [9.17, 15) is 18.8 Å². The number of thioether (sulfide) groups is 1. The van der Waals surface area contributed by atoms with Gasteiger partial charge in [0.2, 0.25) is 11.8 Å². The van der Waals surface area contributed by atoms with Gasteiger partial charge in [0.1, 0.15) is 18.2 Å². The van der Waals surface area contributed by atoms with E-state index in [4.69, 9.17) is 16.3 Å². The Morgan fingerprint density at radius 3 is 2.50 bits per heavy atom. The third-order valence-corrected chi connectivity index (χ3v) is 12.2. The number of benzene rings is 3. The molecule has 3 aromatic carbocycles. The Bertz CT molecular complexity index is 1810. The number of ether oxygens (including phenoxy) is 1. The van der Waals surface area contributed by atoms with Crippen LogP contribution in [-0.2, 0) is 16.2 Å². The van der Waals surface area contributed by atoms with E-state index in [1.807, 2.05) is 42.5 Å². The smallest absolute Gasteiger partial charge is 0.305 e. The standard InChI is InChI=1S/C32H24ClFN2O4S2/c33-16-5-3-4-15(12-16)14-40-22-7-2-1-6-19(22)23-24-20-13-21(27(24)41-29-28(23)42-32(39)35-29)26-25(20)30(37)36(31(26)38)18-10-8-17(34)9-11-18/h1-12,20-21,23-27H,13-14H2,(H,35,39)/t20-,21-,23?,24?,25?,26?,27?/m1/s1. The van der Waals surface area contributed by atoms with Gasteiger partial charge in [0, 0.05) is 26.6 Å². The van der Waals surface area contributed by atoms with E-state index in [-0.39, 0.29) is 45.6 Å². The number of aromatic amines is 1. The lowest BCUT2D eigenvalue weighted by Crippen LogP contribution is -2.42. The molecule has 0 radical (unpaired) electrons. The number of hydrogen-bond donors (Lipinski definition) is 1. The third-order valence-electron chi connectivity index (χ3n) is 9.35. The van der Waals surface area contributed by atoms with Crippen molar-refractivity contribution in [3.8, 4) is 5.75 Å². The average molecular weight is 619 g/mol. The monoisotopic (exact) mass is 618 g/mol. The van der Waals surface area contributed by atoms with Crippen molar-refractivity contribution in [2.45, 2.75) is 29.2 Å². The van der Waals surface area contributed by atoms with Crippen molar-refractivity contribution in [3.05, 3.63) is 109 Å². The first kappa shape index (κ1) is 26.2. The Hall–Kier alpha value is -3.40. The van der Waals surface area contributed by atoms with Crippen LogP contribution >= 0.6 is 34.7 Å². The summed E-state index contributed by atoms with van der Waals surface area (Å²) in [6, 6.07) is 21.0. The number of nitrogens with one attached hydrogen (secondary N) is 1. The van der Waals surface area contributed by atoms with Crippen LogP contribution in [0.2, 0.25) is 5.02 Å². The molecule has 2 amide bonds. The lowest BCUT2D eigenvalue weighted by Gasteiger charge is -2.43. The molecule has 212 valence electrons. The lowest BCUT2D eigenvalue weighted by atomic mass is 9.68. The van der Waals surface area contributed by atoms with Crippen molar-refractivity contribution in [2.24, 2.45) is 29.6 Å². The van der Waals surface area contributed by atoms with Crippen molar-refractivity contribution in [1.82, 2.24) is 4.98 Å². The molecule has 8 rings (SSSR count). The molecule has 2 aliphatic heterocycles. The van der Waals surface area contributed by atoms with Crippen LogP contribution in [0.25, 0.3) is 0 Å². The number of imide groups is 1. The molecule has 4 aliphatic rings. The van der Waals surface area contributed by atoms with Crippen LogP contribution in [0, 0.1) is 35.4 Å². The summed E-state index contributed by atoms with van der Waals surface area (Å²) < 4.78 is 20.0. The van der Waals surface area contributed by atoms with Crippen LogP contribution in [0.15, 0.2) is 82.6 Å². The van der Waals surface area contributed by atoms with E-state index < -0.39 is 17.7 Å². The number of thiazole rings is 1. The first-order valence-corrected chi connectivity index (χ1v) is 16.0. The molecule has 10 heteroatoms. The molecule has 2 saturated carbocycles. The summed E-state index contributed by atoms with van der Waals surface area (Å²) in [5.74, 6) is -1.10. The fourth-order valence-corrected chi connectivity index (χ4v) is 11.0. The fraction of sp³-hybridized carbons (Fsp3) is 0.281. The summed E-state index contributed by atoms with van der Waals surface area (Å²) in [7, 11) is 0. The minimum absolute atomic E-state index is 0.00417. The number of fused-ring (bicyclic) bond motifs is 9. The number of para-hydroxylation sites is 1. The summed E-state index contributed by atoms with van der Waals surface area (Å²) in [6.45, 7) is 0.333. The molecule has 4 aromatic rings. The second kappa shape index (κ2) is 9.82. The molecule has 3 heterocycles. The molecule has 5 unspecified atom stereocenters. The van der Waals surface area contributed by atoms with Gasteiger partial charge in [-0.15, -0.1) is 11.8 Å². The van der Waals surface area contributed by atoms with Gasteiger partial charge in [0.05, 0.1) is 22.5 Å². The summed E-state index contributed by atoms with van der Waals surface area (Å²) in [5.41, 5.74) is 2.33. The maximum absolute atomic E-state index is 13.9. The average Bonchev–Trinajstić information content (AvgIpc) is 3.72. The highest BCUT2D eigenvalue weighted by Gasteiger charge is 2.69. The molecular weight excluding hydrogens is 595 g/mol. The number of carbonyl (C=O) groups is 2. The van der Waals surface area contributed by atoms with Gasteiger partial charge in [0.25, 0.3) is 0 Å². The highest BCUT2D eigenvalue weighted by atomic mass is 35.5. The predicted molar refractivity (Wildman–Crippen MR) is 160 cm³/mol. The van der Waals surface area contributed by atoms with Crippen LogP contribution in [-0.4, -0.2) is 22.0 Å². The summed E-state index contributed by atoms with van der Waals surface area (Å²) in [4.78, 5) is 45.5. The number of rotatable bonds is 5. The summed E-state index contributed by atoms with van der Waals surface area (Å²) in [5, 5.41) is 1.54. The molecule has 2 aliphatic carbocycles. The maximum atomic E-state index is 13.9.